The van der Waals surface area contributed by atoms with Crippen molar-refractivity contribution >= 4 is 34.6 Å². The number of ether oxygens (including phenoxy) is 1. The maximum atomic E-state index is 13.8. The van der Waals surface area contributed by atoms with E-state index in [1.54, 1.807) is 0 Å². The molecule has 0 aromatic heterocycles. The number of nitro benzene ring substituents is 1. The van der Waals surface area contributed by atoms with Gasteiger partial charge in [0.2, 0.25) is 0 Å². The molecule has 0 saturated heterocycles. The van der Waals surface area contributed by atoms with E-state index in [9.17, 15) is 24.1 Å². The van der Waals surface area contributed by atoms with E-state index < -0.39 is 28.0 Å². The Balaban J connectivity index is 3.12. The number of carbonyl (C=O) groups is 2. The van der Waals surface area contributed by atoms with Crippen LogP contribution in [0, 0.1) is 15.9 Å². The third-order valence-electron chi connectivity index (χ3n) is 2.40. The zero-order valence-electron chi connectivity index (χ0n) is 11.3. The Kier molecular flexibility index (Phi) is 6.04. The molecular weight excluding hydrogens is 301 g/mol. The van der Waals surface area contributed by atoms with Crippen molar-refractivity contribution in [2.75, 3.05) is 12.9 Å². The number of methoxy groups -OCH3 is 1. The van der Waals surface area contributed by atoms with Gasteiger partial charge in [-0.1, -0.05) is 23.9 Å². The van der Waals surface area contributed by atoms with E-state index in [-0.39, 0.29) is 10.7 Å². The van der Waals surface area contributed by atoms with E-state index in [1.165, 1.54) is 19.1 Å². The van der Waals surface area contributed by atoms with Crippen LogP contribution in [0.5, 0.6) is 0 Å². The lowest BCUT2D eigenvalue weighted by Gasteiger charge is -2.04. The molecule has 8 heteroatoms. The van der Waals surface area contributed by atoms with Gasteiger partial charge in [0.25, 0.3) is 5.69 Å². The van der Waals surface area contributed by atoms with Gasteiger partial charge in [-0.05, 0) is 6.07 Å². The molecule has 6 nitrogen and oxygen atoms in total. The fourth-order valence-corrected chi connectivity index (χ4v) is 1.90. The van der Waals surface area contributed by atoms with Crippen molar-refractivity contribution in [1.29, 1.82) is 0 Å². The Morgan fingerprint density at radius 1 is 1.48 bits per heavy atom. The molecule has 0 atom stereocenters. The average Bonchev–Trinajstić information content (AvgIpc) is 2.43. The first-order valence-electron chi connectivity index (χ1n) is 5.73. The molecule has 112 valence electrons. The molecule has 1 rings (SSSR count). The highest BCUT2D eigenvalue weighted by Gasteiger charge is 2.23. The van der Waals surface area contributed by atoms with Gasteiger partial charge in [-0.25, -0.2) is 9.18 Å². The summed E-state index contributed by atoms with van der Waals surface area (Å²) in [6.07, 6.45) is 2.82. The Labute approximate surface area is 124 Å². The third-order valence-corrected chi connectivity index (χ3v) is 3.16. The first-order chi connectivity index (χ1) is 9.86. The summed E-state index contributed by atoms with van der Waals surface area (Å²) in [6.45, 7) is 1.40. The van der Waals surface area contributed by atoms with Crippen LogP contribution in [0.4, 0.5) is 10.1 Å². The summed E-state index contributed by atoms with van der Waals surface area (Å²) < 4.78 is 18.2. The topological polar surface area (TPSA) is 86.5 Å². The van der Waals surface area contributed by atoms with E-state index >= 15 is 0 Å². The molecule has 0 aliphatic heterocycles. The lowest BCUT2D eigenvalue weighted by atomic mass is 10.1. The van der Waals surface area contributed by atoms with Crippen LogP contribution in [0.1, 0.15) is 22.8 Å². The van der Waals surface area contributed by atoms with E-state index in [1.807, 2.05) is 0 Å². The Morgan fingerprint density at radius 3 is 2.67 bits per heavy atom. The molecule has 0 unspecified atom stereocenters. The van der Waals surface area contributed by atoms with Gasteiger partial charge >= 0.3 is 5.97 Å². The molecule has 0 spiro atoms. The number of hydrogen-bond acceptors (Lipinski definition) is 6. The maximum absolute atomic E-state index is 13.8. The molecule has 1 aromatic rings. The molecule has 0 bridgehead atoms. The van der Waals surface area contributed by atoms with Crippen LogP contribution in [-0.4, -0.2) is 28.9 Å². The summed E-state index contributed by atoms with van der Waals surface area (Å²) in [5, 5.41) is 10.8. The number of carbonyl (C=O) groups excluding carboxylic acids is 2. The zero-order valence-corrected chi connectivity index (χ0v) is 12.1. The maximum Gasteiger partial charge on any atom is 0.344 e. The second-order valence-electron chi connectivity index (χ2n) is 3.84. The quantitative estimate of drug-likeness (QED) is 0.472. The molecule has 0 amide bonds. The van der Waals surface area contributed by atoms with Gasteiger partial charge in [-0.2, -0.15) is 0 Å². The van der Waals surface area contributed by atoms with Crippen LogP contribution in [0.3, 0.4) is 0 Å². The molecule has 21 heavy (non-hydrogen) atoms. The van der Waals surface area contributed by atoms with Gasteiger partial charge in [-0.3, -0.25) is 14.9 Å². The van der Waals surface area contributed by atoms with E-state index in [4.69, 9.17) is 0 Å². The van der Waals surface area contributed by atoms with Crippen molar-refractivity contribution in [2.24, 2.45) is 0 Å². The van der Waals surface area contributed by atoms with Gasteiger partial charge < -0.3 is 4.74 Å². The smallest absolute Gasteiger partial charge is 0.344 e. The normalized spacial score (nSPS) is 10.6. The van der Waals surface area contributed by atoms with Crippen LogP contribution < -0.4 is 0 Å². The first kappa shape index (κ1) is 16.8. The summed E-state index contributed by atoms with van der Waals surface area (Å²) >= 11 is 1.02. The van der Waals surface area contributed by atoms with Crippen molar-refractivity contribution in [3.05, 3.63) is 45.3 Å². The summed E-state index contributed by atoms with van der Waals surface area (Å²) in [4.78, 5) is 32.3. The van der Waals surface area contributed by atoms with Gasteiger partial charge in [0.1, 0.15) is 11.4 Å². The molecule has 0 aliphatic carbocycles. The molecule has 0 fully saturated rings. The van der Waals surface area contributed by atoms with Gasteiger partial charge in [0, 0.05) is 24.3 Å². The average molecular weight is 313 g/mol. The second kappa shape index (κ2) is 7.53. The van der Waals surface area contributed by atoms with Crippen molar-refractivity contribution in [2.45, 2.75) is 6.92 Å². The summed E-state index contributed by atoms with van der Waals surface area (Å²) in [6, 6.07) is 1.72. The minimum atomic E-state index is -0.983. The van der Waals surface area contributed by atoms with Crippen LogP contribution in [-0.2, 0) is 9.53 Å². The predicted molar refractivity (Wildman–Crippen MR) is 76.6 cm³/mol. The molecule has 0 radical (unpaired) electrons. The second-order valence-corrected chi connectivity index (χ2v) is 5.04. The van der Waals surface area contributed by atoms with Gasteiger partial charge in [0.05, 0.1) is 12.0 Å². The van der Waals surface area contributed by atoms with Crippen molar-refractivity contribution < 1.29 is 23.6 Å². The number of nitrogens with zero attached hydrogens (tertiary/aromatic N) is 1. The SMILES string of the molecule is COC(=O)c1cc(F)c(C=CCSC(C)=O)cc1[N+](=O)[O-]. The number of hydrogen-bond donors (Lipinski definition) is 0. The standard InChI is InChI=1S/C13H12FNO5S/c1-8(16)21-5-3-4-9-6-12(15(18)19)10(7-11(9)14)13(17)20-2/h3-4,6-7H,5H2,1-2H3. The highest BCUT2D eigenvalue weighted by molar-refractivity contribution is 8.13. The number of thioether (sulfide) groups is 1. The van der Waals surface area contributed by atoms with E-state index in [2.05, 4.69) is 4.74 Å². The summed E-state index contributed by atoms with van der Waals surface area (Å²) in [7, 11) is 1.05. The fourth-order valence-electron chi connectivity index (χ4n) is 1.47. The third kappa shape index (κ3) is 4.67. The summed E-state index contributed by atoms with van der Waals surface area (Å²) in [5.41, 5.74) is -1.03. The van der Waals surface area contributed by atoms with E-state index in [0.29, 0.717) is 5.75 Å². The number of halogens is 1. The number of rotatable bonds is 5. The fraction of sp³-hybridized carbons (Fsp3) is 0.231. The van der Waals surface area contributed by atoms with Crippen molar-refractivity contribution in [1.82, 2.24) is 0 Å². The number of esters is 1. The minimum absolute atomic E-state index is 0.0431. The van der Waals surface area contributed by atoms with Crippen molar-refractivity contribution in [3.63, 3.8) is 0 Å². The molecule has 0 heterocycles. The molecule has 0 N–H and O–H groups in total. The van der Waals surface area contributed by atoms with Gasteiger partial charge in [-0.15, -0.1) is 0 Å². The highest BCUT2D eigenvalue weighted by atomic mass is 32.2. The zero-order chi connectivity index (χ0) is 16.0. The van der Waals surface area contributed by atoms with Crippen LogP contribution in [0.2, 0.25) is 0 Å². The van der Waals surface area contributed by atoms with Crippen molar-refractivity contribution in [3.8, 4) is 0 Å². The lowest BCUT2D eigenvalue weighted by molar-refractivity contribution is -0.385. The van der Waals surface area contributed by atoms with Gasteiger partial charge in [0.15, 0.2) is 5.12 Å². The molecule has 0 aliphatic rings. The van der Waals surface area contributed by atoms with Crippen LogP contribution >= 0.6 is 11.8 Å². The lowest BCUT2D eigenvalue weighted by Crippen LogP contribution is -2.07. The minimum Gasteiger partial charge on any atom is -0.465 e. The molecule has 1 aromatic carbocycles. The Morgan fingerprint density at radius 2 is 2.14 bits per heavy atom. The largest absolute Gasteiger partial charge is 0.465 e. The highest BCUT2D eigenvalue weighted by Crippen LogP contribution is 2.24. The van der Waals surface area contributed by atoms with Crippen LogP contribution in [0.25, 0.3) is 6.08 Å². The monoisotopic (exact) mass is 313 g/mol. The number of nitro groups is 1. The summed E-state index contributed by atoms with van der Waals surface area (Å²) in [5.74, 6) is -1.45. The number of benzene rings is 1. The Bertz CT molecular complexity index is 615. The van der Waals surface area contributed by atoms with E-state index in [0.717, 1.165) is 31.0 Å². The molecular formula is C13H12FNO5S. The predicted octanol–water partition coefficient (Wildman–Crippen LogP) is 2.81. The Hall–Kier alpha value is -2.22. The van der Waals surface area contributed by atoms with Crippen LogP contribution in [0.15, 0.2) is 18.2 Å². The molecule has 0 saturated carbocycles. The first-order valence-corrected chi connectivity index (χ1v) is 6.71.